The SMILES string of the molecule is CC(C)(C)OC(=O)Nc1ccc([C@H](N)CO)c(O)c1. The highest BCUT2D eigenvalue weighted by Gasteiger charge is 2.17. The van der Waals surface area contributed by atoms with Crippen molar-refractivity contribution in [3.05, 3.63) is 23.8 Å². The zero-order chi connectivity index (χ0) is 14.6. The first-order chi connectivity index (χ1) is 8.73. The normalized spacial score (nSPS) is 12.9. The van der Waals surface area contributed by atoms with Crippen LogP contribution >= 0.6 is 0 Å². The minimum Gasteiger partial charge on any atom is -0.508 e. The van der Waals surface area contributed by atoms with Crippen LogP contribution in [0.4, 0.5) is 10.5 Å². The molecule has 0 aliphatic rings. The molecule has 0 aromatic heterocycles. The summed E-state index contributed by atoms with van der Waals surface area (Å²) in [5.41, 5.74) is 5.82. The summed E-state index contributed by atoms with van der Waals surface area (Å²) in [5, 5.41) is 21.2. The third-order valence-electron chi connectivity index (χ3n) is 2.27. The smallest absolute Gasteiger partial charge is 0.412 e. The largest absolute Gasteiger partial charge is 0.508 e. The molecule has 1 amide bonds. The molecule has 1 aromatic rings. The van der Waals surface area contributed by atoms with Crippen LogP contribution in [0.15, 0.2) is 18.2 Å². The van der Waals surface area contributed by atoms with Gasteiger partial charge in [0.15, 0.2) is 0 Å². The molecule has 0 aliphatic carbocycles. The number of anilines is 1. The van der Waals surface area contributed by atoms with Crippen molar-refractivity contribution in [1.82, 2.24) is 0 Å². The van der Waals surface area contributed by atoms with Gasteiger partial charge in [0.1, 0.15) is 11.4 Å². The van der Waals surface area contributed by atoms with E-state index in [4.69, 9.17) is 15.6 Å². The average molecular weight is 268 g/mol. The Labute approximate surface area is 112 Å². The van der Waals surface area contributed by atoms with Gasteiger partial charge in [-0.2, -0.15) is 0 Å². The van der Waals surface area contributed by atoms with E-state index in [-0.39, 0.29) is 12.4 Å². The Bertz CT molecular complexity index is 454. The number of aromatic hydroxyl groups is 1. The maximum Gasteiger partial charge on any atom is 0.412 e. The van der Waals surface area contributed by atoms with E-state index in [1.807, 2.05) is 0 Å². The lowest BCUT2D eigenvalue weighted by molar-refractivity contribution is 0.0636. The number of hydrogen-bond donors (Lipinski definition) is 4. The van der Waals surface area contributed by atoms with Crippen molar-refractivity contribution in [1.29, 1.82) is 0 Å². The molecule has 19 heavy (non-hydrogen) atoms. The van der Waals surface area contributed by atoms with Crippen molar-refractivity contribution in [3.8, 4) is 5.75 Å². The molecule has 0 radical (unpaired) electrons. The number of benzene rings is 1. The number of carbonyl (C=O) groups excluding carboxylic acids is 1. The Balaban J connectivity index is 2.76. The van der Waals surface area contributed by atoms with Crippen molar-refractivity contribution in [2.45, 2.75) is 32.4 Å². The van der Waals surface area contributed by atoms with Crippen molar-refractivity contribution < 1.29 is 19.7 Å². The van der Waals surface area contributed by atoms with Gasteiger partial charge < -0.3 is 20.7 Å². The molecule has 0 unspecified atom stereocenters. The van der Waals surface area contributed by atoms with E-state index < -0.39 is 17.7 Å². The first-order valence-electron chi connectivity index (χ1n) is 5.92. The zero-order valence-electron chi connectivity index (χ0n) is 11.3. The van der Waals surface area contributed by atoms with Gasteiger partial charge >= 0.3 is 6.09 Å². The predicted octanol–water partition coefficient (Wildman–Crippen LogP) is 1.73. The molecule has 0 spiro atoms. The van der Waals surface area contributed by atoms with E-state index in [0.29, 0.717) is 11.3 Å². The first-order valence-corrected chi connectivity index (χ1v) is 5.92. The molecule has 6 heteroatoms. The van der Waals surface area contributed by atoms with E-state index in [0.717, 1.165) is 0 Å². The fraction of sp³-hybridized carbons (Fsp3) is 0.462. The molecule has 0 heterocycles. The van der Waals surface area contributed by atoms with Crippen LogP contribution in [0.5, 0.6) is 5.75 Å². The number of phenolic OH excluding ortho intramolecular Hbond substituents is 1. The quantitative estimate of drug-likeness (QED) is 0.668. The van der Waals surface area contributed by atoms with Gasteiger partial charge in [0.25, 0.3) is 0 Å². The number of aliphatic hydroxyl groups excluding tert-OH is 1. The number of rotatable bonds is 3. The second kappa shape index (κ2) is 5.90. The number of nitrogens with two attached hydrogens (primary N) is 1. The van der Waals surface area contributed by atoms with Crippen LogP contribution in [0.2, 0.25) is 0 Å². The minimum absolute atomic E-state index is 0.0879. The van der Waals surface area contributed by atoms with Crippen LogP contribution in [-0.2, 0) is 4.74 Å². The maximum absolute atomic E-state index is 11.5. The van der Waals surface area contributed by atoms with E-state index in [2.05, 4.69) is 5.32 Å². The second-order valence-electron chi connectivity index (χ2n) is 5.19. The van der Waals surface area contributed by atoms with Crippen molar-refractivity contribution in [2.75, 3.05) is 11.9 Å². The maximum atomic E-state index is 11.5. The third kappa shape index (κ3) is 4.76. The number of ether oxygens (including phenoxy) is 1. The lowest BCUT2D eigenvalue weighted by atomic mass is 10.1. The van der Waals surface area contributed by atoms with E-state index in [9.17, 15) is 9.90 Å². The molecule has 5 N–H and O–H groups in total. The lowest BCUT2D eigenvalue weighted by Crippen LogP contribution is -2.27. The molecule has 1 atom stereocenters. The van der Waals surface area contributed by atoms with Crippen molar-refractivity contribution >= 4 is 11.8 Å². The first kappa shape index (κ1) is 15.3. The Hall–Kier alpha value is -1.79. The van der Waals surface area contributed by atoms with Gasteiger partial charge in [-0.15, -0.1) is 0 Å². The van der Waals surface area contributed by atoms with Crippen LogP contribution in [0.3, 0.4) is 0 Å². The van der Waals surface area contributed by atoms with E-state index in [1.165, 1.54) is 6.07 Å². The van der Waals surface area contributed by atoms with Gasteiger partial charge in [0.2, 0.25) is 0 Å². The lowest BCUT2D eigenvalue weighted by Gasteiger charge is -2.20. The van der Waals surface area contributed by atoms with Crippen molar-refractivity contribution in [2.24, 2.45) is 5.73 Å². The fourth-order valence-electron chi connectivity index (χ4n) is 1.45. The van der Waals surface area contributed by atoms with E-state index >= 15 is 0 Å². The number of phenols is 1. The topological polar surface area (TPSA) is 105 Å². The summed E-state index contributed by atoms with van der Waals surface area (Å²) in [6.45, 7) is 5.00. The van der Waals surface area contributed by atoms with Gasteiger partial charge in [0, 0.05) is 17.3 Å². The number of carbonyl (C=O) groups is 1. The summed E-state index contributed by atoms with van der Waals surface area (Å²) >= 11 is 0. The molecule has 6 nitrogen and oxygen atoms in total. The molecule has 1 aromatic carbocycles. The van der Waals surface area contributed by atoms with Gasteiger partial charge in [-0.25, -0.2) is 4.79 Å². The number of hydrogen-bond acceptors (Lipinski definition) is 5. The highest BCUT2D eigenvalue weighted by Crippen LogP contribution is 2.26. The minimum atomic E-state index is -0.657. The van der Waals surface area contributed by atoms with Crippen LogP contribution in [-0.4, -0.2) is 28.5 Å². The highest BCUT2D eigenvalue weighted by atomic mass is 16.6. The van der Waals surface area contributed by atoms with Crippen LogP contribution in [0.25, 0.3) is 0 Å². The van der Waals surface area contributed by atoms with Gasteiger partial charge in [-0.3, -0.25) is 5.32 Å². The molecule has 0 saturated heterocycles. The molecule has 0 bridgehead atoms. The number of aliphatic hydroxyl groups is 1. The summed E-state index contributed by atoms with van der Waals surface area (Å²) in [6.07, 6.45) is -0.605. The predicted molar refractivity (Wildman–Crippen MR) is 72.0 cm³/mol. The van der Waals surface area contributed by atoms with Crippen molar-refractivity contribution in [3.63, 3.8) is 0 Å². The molecule has 0 saturated carbocycles. The van der Waals surface area contributed by atoms with Gasteiger partial charge in [-0.05, 0) is 26.8 Å². The average Bonchev–Trinajstić information content (AvgIpc) is 2.25. The molecule has 0 fully saturated rings. The molecule has 0 aliphatic heterocycles. The summed E-state index contributed by atoms with van der Waals surface area (Å²) in [7, 11) is 0. The monoisotopic (exact) mass is 268 g/mol. The summed E-state index contributed by atoms with van der Waals surface area (Å²) in [5.74, 6) is -0.0879. The molecule has 1 rings (SSSR count). The Morgan fingerprint density at radius 3 is 2.58 bits per heavy atom. The Morgan fingerprint density at radius 2 is 2.11 bits per heavy atom. The molecule has 106 valence electrons. The highest BCUT2D eigenvalue weighted by molar-refractivity contribution is 5.85. The molecular weight excluding hydrogens is 248 g/mol. The van der Waals surface area contributed by atoms with Gasteiger partial charge in [-0.1, -0.05) is 6.07 Å². The summed E-state index contributed by atoms with van der Waals surface area (Å²) < 4.78 is 5.08. The van der Waals surface area contributed by atoms with E-state index in [1.54, 1.807) is 32.9 Å². The van der Waals surface area contributed by atoms with Gasteiger partial charge in [0.05, 0.1) is 12.6 Å². The Morgan fingerprint density at radius 1 is 1.47 bits per heavy atom. The Kier molecular flexibility index (Phi) is 4.74. The third-order valence-corrected chi connectivity index (χ3v) is 2.27. The number of amides is 1. The van der Waals surface area contributed by atoms with Crippen LogP contribution in [0.1, 0.15) is 32.4 Å². The standard InChI is InChI=1S/C13H20N2O4/c1-13(2,3)19-12(18)15-8-4-5-9(10(14)7-16)11(17)6-8/h4-6,10,16-17H,7,14H2,1-3H3,(H,15,18)/t10-/m1/s1. The molecular formula is C13H20N2O4. The summed E-state index contributed by atoms with van der Waals surface area (Å²) in [4.78, 5) is 11.5. The zero-order valence-corrected chi connectivity index (χ0v) is 11.3. The van der Waals surface area contributed by atoms with Crippen LogP contribution < -0.4 is 11.1 Å². The summed E-state index contributed by atoms with van der Waals surface area (Å²) in [6, 6.07) is 3.82. The van der Waals surface area contributed by atoms with Crippen LogP contribution in [0, 0.1) is 0 Å². The fourth-order valence-corrected chi connectivity index (χ4v) is 1.45. The number of nitrogens with one attached hydrogen (secondary N) is 1. The second-order valence-corrected chi connectivity index (χ2v) is 5.19.